The highest BCUT2D eigenvalue weighted by atomic mass is 79.9. The molecule has 1 saturated carbocycles. The molecule has 0 bridgehead atoms. The number of hydrogen-bond acceptors (Lipinski definition) is 14. The molecule has 0 radical (unpaired) electrons. The number of anilines is 1. The van der Waals surface area contributed by atoms with Crippen LogP contribution in [0.15, 0.2) is 122 Å². The van der Waals surface area contributed by atoms with E-state index in [0.29, 0.717) is 70.6 Å². The fraction of sp³-hybridized carbons (Fsp3) is 0.438. The van der Waals surface area contributed by atoms with Crippen LogP contribution < -0.4 is 26.9 Å². The lowest BCUT2D eigenvalue weighted by Crippen LogP contribution is -2.33. The van der Waals surface area contributed by atoms with Crippen LogP contribution in [-0.2, 0) is 68.5 Å². The zero-order chi connectivity index (χ0) is 69.0. The largest absolute Gasteiger partial charge is 0.427 e. The van der Waals surface area contributed by atoms with E-state index in [1.807, 2.05) is 39.5 Å². The van der Waals surface area contributed by atoms with Crippen molar-refractivity contribution in [2.75, 3.05) is 38.7 Å². The van der Waals surface area contributed by atoms with E-state index in [0.717, 1.165) is 180 Å². The Morgan fingerprint density at radius 1 is 0.577 bits per heavy atom. The summed E-state index contributed by atoms with van der Waals surface area (Å²) in [6.07, 6.45) is 25.3. The number of halogens is 6. The standard InChI is InChI=1S/C24H21FN2O2.C16H17BrN2O2.C9H15NO2.C9H14O2.C8H5F.C7H6BrNO2.Cl2OS/c25-19-4-1-3-17(15-19)5-6-18-7-8-20-21(16-18)26-22-9-11-24(10-2-14-29-24)12-13-27(22)23(20)28;17-11-2-3-12-13(10-11)18-14-4-6-16(5-1-9-21-16)7-8-19(14)15(12)20;11-8-2-4-9(5-6-10-8)3-1-7-12-9;10-8-2-5-9(6-3-8)4-1-7-11-9;1-2-7-4-3-5-8(9)6-7;8-5-1-2-7(11-4-10)6(9)3-5;1-4(2)3/h1,3-4,7-8,15-16H,2,9-14H2;2-3,10H,1,4-9H2;1-7H2,(H,10,11);1-7H2;1,3-6H;1-4H,9H2;. The van der Waals surface area contributed by atoms with E-state index in [2.05, 4.69) is 81.0 Å². The van der Waals surface area contributed by atoms with Crippen LogP contribution >= 0.6 is 53.2 Å². The Labute approximate surface area is 591 Å². The highest BCUT2D eigenvalue weighted by Gasteiger charge is 2.40. The summed E-state index contributed by atoms with van der Waals surface area (Å²) in [5.41, 5.74) is 9.48. The Hall–Kier alpha value is -6.70. The van der Waals surface area contributed by atoms with Crippen LogP contribution in [0.4, 0.5) is 14.5 Å². The highest BCUT2D eigenvalue weighted by molar-refractivity contribution is 9.10. The predicted octanol–water partition coefficient (Wildman–Crippen LogP) is 13.8. The van der Waals surface area contributed by atoms with Gasteiger partial charge in [-0.05, 0) is 194 Å². The maximum Gasteiger partial charge on any atom is 0.298 e. The van der Waals surface area contributed by atoms with Crippen LogP contribution in [0.25, 0.3) is 21.8 Å². The van der Waals surface area contributed by atoms with Crippen LogP contribution in [0.2, 0.25) is 0 Å². The molecule has 2 aromatic heterocycles. The van der Waals surface area contributed by atoms with Gasteiger partial charge in [0.15, 0.2) is 5.75 Å². The van der Waals surface area contributed by atoms with Crippen LogP contribution in [0.1, 0.15) is 150 Å². The van der Waals surface area contributed by atoms with Crippen molar-refractivity contribution in [3.05, 3.63) is 173 Å². The Morgan fingerprint density at radius 2 is 1.02 bits per heavy atom. The van der Waals surface area contributed by atoms with Gasteiger partial charge in [-0.15, -0.1) is 6.42 Å². The molecule has 5 saturated heterocycles. The first-order valence-corrected chi connectivity index (χ1v) is 37.1. The lowest BCUT2D eigenvalue weighted by molar-refractivity contribution is -0.126. The average Bonchev–Trinajstić information content (AvgIpc) is 1.69. The summed E-state index contributed by atoms with van der Waals surface area (Å²) in [6.45, 7) is 5.97. The normalized spacial score (nSPS) is 21.8. The number of ether oxygens (including phenoxy) is 5. The van der Waals surface area contributed by atoms with Crippen LogP contribution in [0, 0.1) is 35.8 Å². The Bertz CT molecular complexity index is 4180. The van der Waals surface area contributed by atoms with Crippen molar-refractivity contribution in [1.29, 1.82) is 0 Å². The number of carbonyl (C=O) groups is 3. The molecule has 8 aliphatic rings. The fourth-order valence-corrected chi connectivity index (χ4v) is 14.3. The Morgan fingerprint density at radius 3 is 1.51 bits per heavy atom. The van der Waals surface area contributed by atoms with E-state index in [1.165, 1.54) is 37.1 Å². The fourth-order valence-electron chi connectivity index (χ4n) is 13.5. The second kappa shape index (κ2) is 35.4. The summed E-state index contributed by atoms with van der Waals surface area (Å²) in [5.74, 6) is 10.5. The number of aromatic nitrogens is 4. The van der Waals surface area contributed by atoms with Crippen molar-refractivity contribution in [1.82, 2.24) is 24.4 Å². The second-order valence-corrected chi connectivity index (χ2v) is 29.4. The van der Waals surface area contributed by atoms with Gasteiger partial charge in [0.1, 0.15) is 29.1 Å². The van der Waals surface area contributed by atoms with E-state index in [-0.39, 0.29) is 51.1 Å². The molecule has 4 spiro atoms. The number of rotatable bonds is 2. The topological polar surface area (TPSA) is 222 Å². The minimum atomic E-state index is -1.67. The van der Waals surface area contributed by atoms with Gasteiger partial charge in [-0.25, -0.2) is 23.0 Å². The van der Waals surface area contributed by atoms with E-state index >= 15 is 0 Å². The summed E-state index contributed by atoms with van der Waals surface area (Å²) < 4.78 is 68.2. The molecule has 3 N–H and O–H groups in total. The summed E-state index contributed by atoms with van der Waals surface area (Å²) in [5, 5.41) is 4.18. The smallest absolute Gasteiger partial charge is 0.298 e. The molecule has 15 rings (SSSR count). The quantitative estimate of drug-likeness (QED) is 0.0711. The van der Waals surface area contributed by atoms with Gasteiger partial charge >= 0.3 is 0 Å². The Balaban J connectivity index is 0.000000142. The molecule has 17 nitrogen and oxygen atoms in total. The molecule has 7 aliphatic heterocycles. The maximum absolute atomic E-state index is 13.3. The molecule has 7 aromatic rings. The van der Waals surface area contributed by atoms with E-state index < -0.39 is 9.23 Å². The maximum atomic E-state index is 13.3. The summed E-state index contributed by atoms with van der Waals surface area (Å²) in [4.78, 5) is 67.2. The zero-order valence-electron chi connectivity index (χ0n) is 53.8. The molecule has 514 valence electrons. The van der Waals surface area contributed by atoms with Crippen molar-refractivity contribution in [2.45, 2.75) is 170 Å². The first-order chi connectivity index (χ1) is 46.7. The number of nitrogens with zero attached hydrogens (tertiary/aromatic N) is 4. The van der Waals surface area contributed by atoms with Crippen LogP contribution in [0.5, 0.6) is 5.75 Å². The molecule has 97 heavy (non-hydrogen) atoms. The number of nitrogen functional groups attached to an aromatic ring is 1. The average molecular weight is 1520 g/mol. The first-order valence-electron chi connectivity index (χ1n) is 32.7. The number of fused-ring (bicyclic) bond motifs is 4. The summed E-state index contributed by atoms with van der Waals surface area (Å²) in [7, 11) is 7.36. The number of benzene rings is 5. The lowest BCUT2D eigenvalue weighted by Gasteiger charge is -2.31. The second-order valence-electron chi connectivity index (χ2n) is 25.0. The van der Waals surface area contributed by atoms with Crippen molar-refractivity contribution in [3.63, 3.8) is 0 Å². The number of aryl methyl sites for hydroxylation is 2. The van der Waals surface area contributed by atoms with Crippen LogP contribution in [0.3, 0.4) is 0 Å². The molecule has 24 heteroatoms. The van der Waals surface area contributed by atoms with Gasteiger partial charge in [0.2, 0.25) is 15.1 Å². The third-order valence-electron chi connectivity index (χ3n) is 18.7. The van der Waals surface area contributed by atoms with Gasteiger partial charge in [0, 0.05) is 125 Å². The molecular weight excluding hydrogens is 1440 g/mol. The third kappa shape index (κ3) is 21.2. The minimum absolute atomic E-state index is 0.00434. The van der Waals surface area contributed by atoms with Crippen molar-refractivity contribution in [2.24, 2.45) is 0 Å². The molecule has 3 unspecified atom stereocenters. The molecular formula is C73H78Br2Cl2F2N6O11S. The first kappa shape index (κ1) is 74.5. The molecule has 1 amide bonds. The number of terminal acetylenes is 1. The van der Waals surface area contributed by atoms with E-state index in [9.17, 15) is 32.8 Å². The molecule has 1 aliphatic carbocycles. The van der Waals surface area contributed by atoms with Crippen LogP contribution in [-0.4, -0.2) is 96.9 Å². The van der Waals surface area contributed by atoms with Gasteiger partial charge in [-0.3, -0.25) is 33.1 Å². The Kier molecular flexibility index (Phi) is 27.2. The summed E-state index contributed by atoms with van der Waals surface area (Å²) >= 11 is 6.67. The SMILES string of the molecule is C#Cc1cccc(F)c1.Nc1cc(Br)ccc1OC=O.O=C1CCC2(CCCO2)CC1.O=C1CCC2(CCCO2)CCN1.O=S(Cl)Cl.O=c1c2ccc(Br)cc2nc2n1CCC1(CCCO1)CC2.O=c1c2ccc(C#Cc3cccc(F)c3)cc2nc2n1CCC1(CCCO1)CC2. The minimum Gasteiger partial charge on any atom is -0.427 e. The lowest BCUT2D eigenvalue weighted by atomic mass is 9.82. The molecule has 9 heterocycles. The number of Topliss-reactive ketones (excluding diaryl/α,β-unsaturated/α-hetero) is 1. The highest BCUT2D eigenvalue weighted by Crippen LogP contribution is 2.40. The molecule has 3 atom stereocenters. The van der Waals surface area contributed by atoms with E-state index in [4.69, 9.17) is 45.3 Å². The van der Waals surface area contributed by atoms with Gasteiger partial charge in [0.05, 0.1) is 49.9 Å². The monoisotopic (exact) mass is 1510 g/mol. The predicted molar refractivity (Wildman–Crippen MR) is 379 cm³/mol. The van der Waals surface area contributed by atoms with Gasteiger partial charge < -0.3 is 34.7 Å². The zero-order valence-corrected chi connectivity index (χ0v) is 59.3. The van der Waals surface area contributed by atoms with E-state index in [1.54, 1.807) is 48.5 Å². The number of carbonyl (C=O) groups excluding carboxylic acids is 3. The van der Waals surface area contributed by atoms with Crippen molar-refractivity contribution in [3.8, 4) is 29.9 Å². The van der Waals surface area contributed by atoms with Crippen molar-refractivity contribution < 1.29 is 51.1 Å². The summed E-state index contributed by atoms with van der Waals surface area (Å²) in [6, 6.07) is 28.3. The van der Waals surface area contributed by atoms with Gasteiger partial charge in [-0.1, -0.05) is 61.8 Å². The number of amides is 1. The van der Waals surface area contributed by atoms with Crippen molar-refractivity contribution >= 4 is 108 Å². The molecule has 5 aromatic carbocycles. The number of ketones is 1. The van der Waals surface area contributed by atoms with Gasteiger partial charge in [0.25, 0.3) is 17.6 Å². The number of nitrogens with two attached hydrogens (primary N) is 1. The number of nitrogens with one attached hydrogen (secondary N) is 1. The molecule has 6 fully saturated rings. The third-order valence-corrected chi connectivity index (χ3v) is 19.7. The number of hydrogen-bond donors (Lipinski definition) is 2. The van der Waals surface area contributed by atoms with Gasteiger partial charge in [-0.2, -0.15) is 0 Å².